The molecule has 6 nitrogen and oxygen atoms in total. The zero-order valence-corrected chi connectivity index (χ0v) is 16.1. The summed E-state index contributed by atoms with van der Waals surface area (Å²) in [6.45, 7) is 5.63. The van der Waals surface area contributed by atoms with E-state index in [-0.39, 0.29) is 37.1 Å². The average molecular weight is 388 g/mol. The molecule has 1 fully saturated rings. The van der Waals surface area contributed by atoms with Gasteiger partial charge in [0.05, 0.1) is 35.3 Å². The van der Waals surface area contributed by atoms with Crippen molar-refractivity contribution in [1.29, 1.82) is 0 Å². The molecule has 2 atom stereocenters. The van der Waals surface area contributed by atoms with E-state index in [4.69, 9.17) is 27.9 Å². The molecule has 0 saturated carbocycles. The van der Waals surface area contributed by atoms with Gasteiger partial charge < -0.3 is 15.0 Å². The van der Waals surface area contributed by atoms with E-state index in [1.807, 2.05) is 13.8 Å². The van der Waals surface area contributed by atoms with Crippen LogP contribution in [-0.4, -0.2) is 67.0 Å². The van der Waals surface area contributed by atoms with Crippen LogP contribution in [0.25, 0.3) is 0 Å². The number of rotatable bonds is 5. The number of anilines is 1. The van der Waals surface area contributed by atoms with E-state index < -0.39 is 0 Å². The van der Waals surface area contributed by atoms with Gasteiger partial charge in [0.2, 0.25) is 11.8 Å². The second kappa shape index (κ2) is 8.85. The standard InChI is InChI=1S/C17H23Cl2N3O3/c1-11-7-22(8-12(2)25-11)10-17(24)21(3)9-16(23)20-13-4-5-14(18)15(19)6-13/h4-6,11-12H,7-10H2,1-3H3,(H,20,23)/t11-,12+. The molecule has 1 N–H and O–H groups in total. The minimum absolute atomic E-state index is 0.0332. The molecule has 1 aromatic rings. The predicted molar refractivity (Wildman–Crippen MR) is 99.2 cm³/mol. The van der Waals surface area contributed by atoms with E-state index in [2.05, 4.69) is 10.2 Å². The molecule has 2 amide bonds. The van der Waals surface area contributed by atoms with Crippen molar-refractivity contribution in [3.05, 3.63) is 28.2 Å². The Hall–Kier alpha value is -1.34. The second-order valence-corrected chi connectivity index (χ2v) is 7.19. The number of nitrogens with one attached hydrogen (secondary N) is 1. The molecule has 1 heterocycles. The van der Waals surface area contributed by atoms with Gasteiger partial charge in [0.25, 0.3) is 0 Å². The number of hydrogen-bond donors (Lipinski definition) is 1. The second-order valence-electron chi connectivity index (χ2n) is 6.38. The number of benzene rings is 1. The lowest BCUT2D eigenvalue weighted by Gasteiger charge is -2.35. The maximum absolute atomic E-state index is 12.3. The van der Waals surface area contributed by atoms with Gasteiger partial charge in [-0.15, -0.1) is 0 Å². The summed E-state index contributed by atoms with van der Waals surface area (Å²) in [5.41, 5.74) is 0.538. The van der Waals surface area contributed by atoms with Crippen LogP contribution in [0.1, 0.15) is 13.8 Å². The Morgan fingerprint density at radius 1 is 1.24 bits per heavy atom. The largest absolute Gasteiger partial charge is 0.373 e. The Kier molecular flexibility index (Phi) is 7.07. The number of carbonyl (C=O) groups is 2. The first kappa shape index (κ1) is 20.0. The normalized spacial score (nSPS) is 21.0. The van der Waals surface area contributed by atoms with E-state index in [0.29, 0.717) is 28.8 Å². The molecule has 1 aliphatic rings. The molecule has 0 aliphatic carbocycles. The van der Waals surface area contributed by atoms with Crippen molar-refractivity contribution in [1.82, 2.24) is 9.80 Å². The van der Waals surface area contributed by atoms with E-state index in [9.17, 15) is 9.59 Å². The van der Waals surface area contributed by atoms with E-state index in [0.717, 1.165) is 0 Å². The lowest BCUT2D eigenvalue weighted by atomic mass is 10.2. The van der Waals surface area contributed by atoms with Crippen molar-refractivity contribution in [2.75, 3.05) is 38.5 Å². The van der Waals surface area contributed by atoms with Crippen molar-refractivity contribution in [3.8, 4) is 0 Å². The third kappa shape index (κ3) is 6.15. The van der Waals surface area contributed by atoms with Crippen molar-refractivity contribution in [2.45, 2.75) is 26.1 Å². The smallest absolute Gasteiger partial charge is 0.243 e. The van der Waals surface area contributed by atoms with Crippen LogP contribution in [0.2, 0.25) is 10.0 Å². The molecule has 1 saturated heterocycles. The van der Waals surface area contributed by atoms with Gasteiger partial charge >= 0.3 is 0 Å². The minimum Gasteiger partial charge on any atom is -0.373 e. The average Bonchev–Trinajstić information content (AvgIpc) is 2.49. The van der Waals surface area contributed by atoms with Crippen LogP contribution >= 0.6 is 23.2 Å². The molecule has 0 aromatic heterocycles. The first-order chi connectivity index (χ1) is 11.7. The summed E-state index contributed by atoms with van der Waals surface area (Å²) in [7, 11) is 1.62. The Balaban J connectivity index is 1.83. The summed E-state index contributed by atoms with van der Waals surface area (Å²) in [6, 6.07) is 4.83. The van der Waals surface area contributed by atoms with Gasteiger partial charge in [-0.3, -0.25) is 14.5 Å². The molecule has 0 unspecified atom stereocenters. The zero-order chi connectivity index (χ0) is 18.6. The van der Waals surface area contributed by atoms with Crippen LogP contribution in [-0.2, 0) is 14.3 Å². The number of ether oxygens (including phenoxy) is 1. The first-order valence-corrected chi connectivity index (χ1v) is 8.87. The summed E-state index contributed by atoms with van der Waals surface area (Å²) in [4.78, 5) is 27.9. The molecular weight excluding hydrogens is 365 g/mol. The molecule has 138 valence electrons. The molecule has 0 spiro atoms. The van der Waals surface area contributed by atoms with Gasteiger partial charge in [0, 0.05) is 25.8 Å². The highest BCUT2D eigenvalue weighted by Crippen LogP contribution is 2.24. The number of likely N-dealkylation sites (N-methyl/N-ethyl adjacent to an activating group) is 1. The fraction of sp³-hybridized carbons (Fsp3) is 0.529. The van der Waals surface area contributed by atoms with Crippen molar-refractivity contribution < 1.29 is 14.3 Å². The summed E-state index contributed by atoms with van der Waals surface area (Å²) in [6.07, 6.45) is 0.194. The van der Waals surface area contributed by atoms with E-state index >= 15 is 0 Å². The zero-order valence-electron chi connectivity index (χ0n) is 14.6. The molecular formula is C17H23Cl2N3O3. The molecule has 1 aliphatic heterocycles. The fourth-order valence-electron chi connectivity index (χ4n) is 2.80. The topological polar surface area (TPSA) is 61.9 Å². The van der Waals surface area contributed by atoms with Gasteiger partial charge in [-0.05, 0) is 32.0 Å². The molecule has 0 bridgehead atoms. The third-order valence-corrected chi connectivity index (χ3v) is 4.60. The maximum Gasteiger partial charge on any atom is 0.243 e. The van der Waals surface area contributed by atoms with Crippen molar-refractivity contribution in [3.63, 3.8) is 0 Å². The number of halogens is 2. The van der Waals surface area contributed by atoms with Crippen LogP contribution in [0.5, 0.6) is 0 Å². The summed E-state index contributed by atoms with van der Waals surface area (Å²) >= 11 is 11.8. The SMILES string of the molecule is C[C@@H]1CN(CC(=O)N(C)CC(=O)Nc2ccc(Cl)c(Cl)c2)C[C@H](C)O1. The number of carbonyl (C=O) groups excluding carboxylic acids is 2. The Labute approximate surface area is 158 Å². The number of nitrogens with zero attached hydrogens (tertiary/aromatic N) is 2. The molecule has 25 heavy (non-hydrogen) atoms. The van der Waals surface area contributed by atoms with Gasteiger partial charge in [-0.2, -0.15) is 0 Å². The van der Waals surface area contributed by atoms with E-state index in [1.165, 1.54) is 4.90 Å². The number of amides is 2. The van der Waals surface area contributed by atoms with Gasteiger partial charge in [-0.1, -0.05) is 23.2 Å². The molecule has 0 radical (unpaired) electrons. The van der Waals surface area contributed by atoms with Crippen molar-refractivity contribution in [2.24, 2.45) is 0 Å². The van der Waals surface area contributed by atoms with Crippen LogP contribution in [0.4, 0.5) is 5.69 Å². The highest BCUT2D eigenvalue weighted by Gasteiger charge is 2.25. The van der Waals surface area contributed by atoms with Crippen molar-refractivity contribution >= 4 is 40.7 Å². The highest BCUT2D eigenvalue weighted by molar-refractivity contribution is 6.42. The van der Waals surface area contributed by atoms with Crippen LogP contribution in [0.3, 0.4) is 0 Å². The van der Waals surface area contributed by atoms with Crippen LogP contribution < -0.4 is 5.32 Å². The minimum atomic E-state index is -0.294. The van der Waals surface area contributed by atoms with Gasteiger partial charge in [0.15, 0.2) is 0 Å². The number of morpholine rings is 1. The lowest BCUT2D eigenvalue weighted by molar-refractivity contribution is -0.137. The highest BCUT2D eigenvalue weighted by atomic mass is 35.5. The monoisotopic (exact) mass is 387 g/mol. The van der Waals surface area contributed by atoms with E-state index in [1.54, 1.807) is 25.2 Å². The Bertz CT molecular complexity index is 632. The summed E-state index contributed by atoms with van der Waals surface area (Å²) in [5.74, 6) is -0.399. The Morgan fingerprint density at radius 3 is 2.48 bits per heavy atom. The summed E-state index contributed by atoms with van der Waals surface area (Å²) in [5, 5.41) is 3.48. The molecule has 2 rings (SSSR count). The fourth-order valence-corrected chi connectivity index (χ4v) is 3.10. The molecule has 8 heteroatoms. The third-order valence-electron chi connectivity index (χ3n) is 3.86. The van der Waals surface area contributed by atoms with Gasteiger partial charge in [-0.25, -0.2) is 0 Å². The van der Waals surface area contributed by atoms with Crippen LogP contribution in [0, 0.1) is 0 Å². The molecule has 1 aromatic carbocycles. The maximum atomic E-state index is 12.3. The lowest BCUT2D eigenvalue weighted by Crippen LogP contribution is -2.50. The Morgan fingerprint density at radius 2 is 1.88 bits per heavy atom. The van der Waals surface area contributed by atoms with Gasteiger partial charge in [0.1, 0.15) is 0 Å². The van der Waals surface area contributed by atoms with Crippen LogP contribution in [0.15, 0.2) is 18.2 Å². The summed E-state index contributed by atoms with van der Waals surface area (Å²) < 4.78 is 5.66. The number of hydrogen-bond acceptors (Lipinski definition) is 4. The predicted octanol–water partition coefficient (Wildman–Crippen LogP) is 2.50. The first-order valence-electron chi connectivity index (χ1n) is 8.11. The quantitative estimate of drug-likeness (QED) is 0.842.